The molecule has 30 heavy (non-hydrogen) atoms. The molecule has 0 aliphatic heterocycles. The molecule has 5 rings (SSSR count). The number of furan rings is 1. The summed E-state index contributed by atoms with van der Waals surface area (Å²) >= 11 is 1.80. The molecule has 0 bridgehead atoms. The highest BCUT2D eigenvalue weighted by Gasteiger charge is 2.34. The average Bonchev–Trinajstić information content (AvgIpc) is 3.26. The minimum atomic E-state index is 0.0210. The third kappa shape index (κ3) is 2.83. The van der Waals surface area contributed by atoms with Gasteiger partial charge in [-0.3, -0.25) is 4.98 Å². The van der Waals surface area contributed by atoms with Crippen LogP contribution in [0.5, 0.6) is 0 Å². The second kappa shape index (κ2) is 6.49. The van der Waals surface area contributed by atoms with E-state index in [1.54, 1.807) is 11.3 Å². The lowest BCUT2D eigenvalue weighted by Gasteiger charge is -2.40. The van der Waals surface area contributed by atoms with E-state index in [1.165, 1.54) is 25.9 Å². The van der Waals surface area contributed by atoms with E-state index in [2.05, 4.69) is 91.9 Å². The van der Waals surface area contributed by atoms with Crippen molar-refractivity contribution in [2.75, 3.05) is 0 Å². The van der Waals surface area contributed by atoms with Gasteiger partial charge < -0.3 is 4.42 Å². The average molecular weight is 409 g/mol. The van der Waals surface area contributed by atoms with Gasteiger partial charge in [0, 0.05) is 27.4 Å². The highest BCUT2D eigenvalue weighted by Crippen LogP contribution is 2.42. The third-order valence-electron chi connectivity index (χ3n) is 6.91. The number of hydrogen-bond acceptors (Lipinski definition) is 3. The molecule has 2 aromatic carbocycles. The van der Waals surface area contributed by atoms with Crippen LogP contribution in [0.3, 0.4) is 0 Å². The molecule has 0 N–H and O–H groups in total. The van der Waals surface area contributed by atoms with Gasteiger partial charge in [0.15, 0.2) is 5.58 Å². The zero-order valence-electron chi connectivity index (χ0n) is 18.5. The number of nitrogens with zero attached hydrogens (tertiary/aromatic N) is 1. The number of aryl methyl sites for hydroxylation is 1. The number of thiophene rings is 1. The molecule has 3 heterocycles. The van der Waals surface area contributed by atoms with Gasteiger partial charge in [-0.2, -0.15) is 0 Å². The van der Waals surface area contributed by atoms with E-state index in [1.807, 2.05) is 6.20 Å². The number of para-hydroxylation sites is 1. The van der Waals surface area contributed by atoms with Crippen LogP contribution in [0.25, 0.3) is 43.3 Å². The number of aromatic nitrogens is 1. The van der Waals surface area contributed by atoms with Crippen molar-refractivity contribution in [1.82, 2.24) is 4.98 Å². The molecule has 0 amide bonds. The molecule has 0 atom stereocenters. The zero-order chi connectivity index (χ0) is 21.3. The summed E-state index contributed by atoms with van der Waals surface area (Å²) in [7, 11) is 4.62. The monoisotopic (exact) mass is 409 g/mol. The molecule has 5 heteroatoms. The van der Waals surface area contributed by atoms with Gasteiger partial charge >= 0.3 is 0 Å². The van der Waals surface area contributed by atoms with E-state index >= 15 is 0 Å². The van der Waals surface area contributed by atoms with Gasteiger partial charge in [0.05, 0.1) is 10.4 Å². The van der Waals surface area contributed by atoms with Gasteiger partial charge in [-0.15, -0.1) is 11.3 Å². The van der Waals surface area contributed by atoms with Crippen LogP contribution in [-0.2, 0) is 5.21 Å². The van der Waals surface area contributed by atoms with E-state index in [0.29, 0.717) is 0 Å². The number of hydrogen-bond donors (Lipinski definition) is 0. The van der Waals surface area contributed by atoms with Crippen LogP contribution >= 0.6 is 11.3 Å². The Bertz CT molecular complexity index is 1420. The lowest BCUT2D eigenvalue weighted by Crippen LogP contribution is -2.41. The predicted octanol–water partition coefficient (Wildman–Crippen LogP) is 5.64. The van der Waals surface area contributed by atoms with Crippen molar-refractivity contribution in [2.24, 2.45) is 5.41 Å². The SMILES string of the molecule is BC(B)(c1ccnc(-c2cccc3c2oc2c3ccc3cc(C)sc32)c1)C(C)(C)C. The van der Waals surface area contributed by atoms with Gasteiger partial charge in [0.1, 0.15) is 21.3 Å². The maximum atomic E-state index is 6.53. The minimum absolute atomic E-state index is 0.0210. The predicted molar refractivity (Wildman–Crippen MR) is 135 cm³/mol. The van der Waals surface area contributed by atoms with Crippen LogP contribution in [0, 0.1) is 12.3 Å². The summed E-state index contributed by atoms with van der Waals surface area (Å²) in [6.45, 7) is 9.03. The molecule has 0 spiro atoms. The Morgan fingerprint density at radius 2 is 1.70 bits per heavy atom. The quantitative estimate of drug-likeness (QED) is 0.353. The Morgan fingerprint density at radius 3 is 2.47 bits per heavy atom. The molecule has 0 fully saturated rings. The van der Waals surface area contributed by atoms with E-state index in [4.69, 9.17) is 9.40 Å². The molecule has 2 nitrogen and oxygen atoms in total. The minimum Gasteiger partial charge on any atom is -0.454 e. The van der Waals surface area contributed by atoms with E-state index in [9.17, 15) is 0 Å². The van der Waals surface area contributed by atoms with Gasteiger partial charge in [-0.1, -0.05) is 49.7 Å². The lowest BCUT2D eigenvalue weighted by molar-refractivity contribution is 0.358. The largest absolute Gasteiger partial charge is 0.454 e. The van der Waals surface area contributed by atoms with Crippen LogP contribution in [0.2, 0.25) is 0 Å². The molecule has 5 aromatic rings. The van der Waals surface area contributed by atoms with Crippen LogP contribution in [0.15, 0.2) is 59.1 Å². The summed E-state index contributed by atoms with van der Waals surface area (Å²) < 4.78 is 7.75. The van der Waals surface area contributed by atoms with Gasteiger partial charge in [0.2, 0.25) is 0 Å². The Hall–Kier alpha value is -2.52. The van der Waals surface area contributed by atoms with Crippen LogP contribution < -0.4 is 0 Å². The summed E-state index contributed by atoms with van der Waals surface area (Å²) in [4.78, 5) is 6.04. The van der Waals surface area contributed by atoms with Crippen molar-refractivity contribution < 1.29 is 4.42 Å². The van der Waals surface area contributed by atoms with Crippen molar-refractivity contribution >= 4 is 59.1 Å². The van der Waals surface area contributed by atoms with Crippen LogP contribution in [-0.4, -0.2) is 20.7 Å². The van der Waals surface area contributed by atoms with Gasteiger partial charge in [-0.05, 0) is 48.1 Å². The second-order valence-corrected chi connectivity index (χ2v) is 11.1. The lowest BCUT2D eigenvalue weighted by atomic mass is 9.41. The van der Waals surface area contributed by atoms with Gasteiger partial charge in [0.25, 0.3) is 0 Å². The molecule has 3 aromatic heterocycles. The molecule has 0 radical (unpaired) electrons. The maximum absolute atomic E-state index is 6.53. The normalized spacial score (nSPS) is 12.9. The van der Waals surface area contributed by atoms with E-state index in [-0.39, 0.29) is 10.6 Å². The van der Waals surface area contributed by atoms with E-state index < -0.39 is 0 Å². The molecule has 0 aliphatic rings. The molecule has 0 unspecified atom stereocenters. The Kier molecular flexibility index (Phi) is 4.20. The number of pyridine rings is 1. The summed E-state index contributed by atoms with van der Waals surface area (Å²) in [5.41, 5.74) is 5.36. The summed E-state index contributed by atoms with van der Waals surface area (Å²) in [5, 5.41) is 3.59. The third-order valence-corrected chi connectivity index (χ3v) is 7.97. The fourth-order valence-corrected chi connectivity index (χ4v) is 5.08. The Labute approximate surface area is 183 Å². The number of benzene rings is 2. The molecule has 0 saturated heterocycles. The van der Waals surface area contributed by atoms with Crippen molar-refractivity contribution in [3.05, 3.63) is 65.2 Å². The summed E-state index contributed by atoms with van der Waals surface area (Å²) in [6.07, 6.45) is 1.93. The number of rotatable bonds is 2. The first-order chi connectivity index (χ1) is 14.2. The highest BCUT2D eigenvalue weighted by molar-refractivity contribution is 7.19. The van der Waals surface area contributed by atoms with Crippen molar-refractivity contribution in [2.45, 2.75) is 32.9 Å². The topological polar surface area (TPSA) is 26.0 Å². The van der Waals surface area contributed by atoms with Crippen LogP contribution in [0.1, 0.15) is 31.2 Å². The summed E-state index contributed by atoms with van der Waals surface area (Å²) in [5.74, 6) is 0. The first kappa shape index (κ1) is 19.4. The van der Waals surface area contributed by atoms with Crippen molar-refractivity contribution in [1.29, 1.82) is 0 Å². The smallest absolute Gasteiger partial charge is 0.153 e. The van der Waals surface area contributed by atoms with Gasteiger partial charge in [-0.25, -0.2) is 0 Å². The highest BCUT2D eigenvalue weighted by atomic mass is 32.1. The molecule has 0 aliphatic carbocycles. The molecule has 0 saturated carbocycles. The van der Waals surface area contributed by atoms with Crippen LogP contribution in [0.4, 0.5) is 0 Å². The second-order valence-electron chi connectivity index (χ2n) is 9.81. The standard InChI is InChI=1S/C25H25B2NOS/c1-14-12-15-8-9-18-17-6-5-7-19(21(17)29-22(18)23(15)30-14)20-13-16(10-11-28-20)25(26,27)24(2,3)4/h5-13H,26-27H2,1-4H3. The molecule has 148 valence electrons. The number of fused-ring (bicyclic) bond motifs is 5. The summed E-state index contributed by atoms with van der Waals surface area (Å²) in [6, 6.07) is 17.4. The molecular weight excluding hydrogens is 384 g/mol. The first-order valence-electron chi connectivity index (χ1n) is 10.5. The molecular formula is C25H25B2NOS. The first-order valence-corrected chi connectivity index (χ1v) is 11.3. The maximum Gasteiger partial charge on any atom is 0.153 e. The Morgan fingerprint density at radius 1 is 0.933 bits per heavy atom. The zero-order valence-corrected chi connectivity index (χ0v) is 19.3. The van der Waals surface area contributed by atoms with E-state index in [0.717, 1.165) is 27.8 Å². The van der Waals surface area contributed by atoms with Crippen molar-refractivity contribution in [3.8, 4) is 11.3 Å². The van der Waals surface area contributed by atoms with Crippen molar-refractivity contribution in [3.63, 3.8) is 0 Å². The fourth-order valence-electron chi connectivity index (χ4n) is 4.08. The fraction of sp³-hybridized carbons (Fsp3) is 0.240. The Balaban J connectivity index is 1.76.